The summed E-state index contributed by atoms with van der Waals surface area (Å²) in [6.07, 6.45) is 5.42. The maximum Gasteiger partial charge on any atom is 0.0832 e. The van der Waals surface area contributed by atoms with E-state index in [1.54, 1.807) is 5.56 Å². The van der Waals surface area contributed by atoms with Gasteiger partial charge in [0.1, 0.15) is 0 Å². The first-order valence-electron chi connectivity index (χ1n) is 12.2. The third-order valence-corrected chi connectivity index (χ3v) is 9.38. The zero-order chi connectivity index (χ0) is 22.9. The van der Waals surface area contributed by atoms with Crippen LogP contribution in [0.3, 0.4) is 0 Å². The number of halogens is 2. The Morgan fingerprint density at radius 2 is 1.29 bits per heavy atom. The molecule has 0 saturated heterocycles. The van der Waals surface area contributed by atoms with Gasteiger partial charge in [0.25, 0.3) is 0 Å². The highest BCUT2D eigenvalue weighted by atomic mass is 35.5. The summed E-state index contributed by atoms with van der Waals surface area (Å²) in [4.78, 5) is 2.23. The molecule has 0 amide bonds. The van der Waals surface area contributed by atoms with E-state index < -0.39 is 0 Å². The Hall–Kier alpha value is -2.74. The second kappa shape index (κ2) is 7.63. The Morgan fingerprint density at radius 1 is 0.618 bits per heavy atom. The lowest BCUT2D eigenvalue weighted by Gasteiger charge is -2.33. The number of rotatable bonds is 3. The molecule has 0 aromatic heterocycles. The van der Waals surface area contributed by atoms with Gasteiger partial charge in [-0.3, -0.25) is 0 Å². The Bertz CT molecular complexity index is 1390. The highest BCUT2D eigenvalue weighted by Gasteiger charge is 2.59. The molecule has 3 heteroatoms. The first kappa shape index (κ1) is 20.6. The number of benzene rings is 4. The first-order chi connectivity index (χ1) is 16.7. The largest absolute Gasteiger partial charge is 0.309 e. The van der Waals surface area contributed by atoms with Crippen molar-refractivity contribution in [1.82, 2.24) is 0 Å². The summed E-state index contributed by atoms with van der Waals surface area (Å²) in [7, 11) is 0. The maximum absolute atomic E-state index is 6.76. The van der Waals surface area contributed by atoms with Crippen LogP contribution in [0.15, 0.2) is 91.0 Å². The van der Waals surface area contributed by atoms with Gasteiger partial charge >= 0.3 is 0 Å². The third kappa shape index (κ3) is 2.69. The van der Waals surface area contributed by atoms with E-state index in [0.29, 0.717) is 10.0 Å². The van der Waals surface area contributed by atoms with Crippen LogP contribution in [0.25, 0.3) is 11.1 Å². The van der Waals surface area contributed by atoms with Crippen LogP contribution < -0.4 is 4.90 Å². The SMILES string of the molecule is Clc1cccc(N(c2ccccc2)c2ccc3c(c2)-c2ccccc2C32C3CCC2CC3)c1Cl. The molecular weight excluding hydrogens is 457 g/mol. The second-order valence-corrected chi connectivity index (χ2v) is 10.7. The van der Waals surface area contributed by atoms with Crippen molar-refractivity contribution < 1.29 is 0 Å². The fourth-order valence-corrected chi connectivity index (χ4v) is 7.75. The molecule has 1 nitrogen and oxygen atoms in total. The smallest absolute Gasteiger partial charge is 0.0832 e. The van der Waals surface area contributed by atoms with Crippen LogP contribution in [0.4, 0.5) is 17.1 Å². The van der Waals surface area contributed by atoms with Crippen LogP contribution in [0, 0.1) is 11.8 Å². The van der Waals surface area contributed by atoms with Crippen LogP contribution >= 0.6 is 23.2 Å². The predicted octanol–water partition coefficient (Wildman–Crippen LogP) is 9.55. The molecule has 2 fully saturated rings. The number of nitrogens with zero attached hydrogens (tertiary/aromatic N) is 1. The van der Waals surface area contributed by atoms with Crippen LogP contribution in [0.5, 0.6) is 0 Å². The summed E-state index contributed by atoms with van der Waals surface area (Å²) in [5.74, 6) is 1.52. The minimum atomic E-state index is 0.204. The van der Waals surface area contributed by atoms with Crippen molar-refractivity contribution in [2.24, 2.45) is 11.8 Å². The molecule has 7 rings (SSSR count). The molecule has 3 aliphatic carbocycles. The molecule has 0 unspecified atom stereocenters. The molecule has 0 aliphatic heterocycles. The van der Waals surface area contributed by atoms with Gasteiger partial charge in [-0.15, -0.1) is 0 Å². The number of anilines is 3. The predicted molar refractivity (Wildman–Crippen MR) is 143 cm³/mol. The van der Waals surface area contributed by atoms with Crippen molar-refractivity contribution in [3.63, 3.8) is 0 Å². The zero-order valence-electron chi connectivity index (χ0n) is 18.8. The number of hydrogen-bond donors (Lipinski definition) is 0. The van der Waals surface area contributed by atoms with E-state index in [0.717, 1.165) is 28.9 Å². The third-order valence-electron chi connectivity index (χ3n) is 8.57. The van der Waals surface area contributed by atoms with Gasteiger partial charge in [0.05, 0.1) is 15.7 Å². The van der Waals surface area contributed by atoms with E-state index >= 15 is 0 Å². The Morgan fingerprint density at radius 3 is 2.06 bits per heavy atom. The van der Waals surface area contributed by atoms with Gasteiger partial charge in [0.2, 0.25) is 0 Å². The summed E-state index contributed by atoms with van der Waals surface area (Å²) in [5.41, 5.74) is 9.14. The van der Waals surface area contributed by atoms with Crippen molar-refractivity contribution in [3.05, 3.63) is 112 Å². The quantitative estimate of drug-likeness (QED) is 0.281. The molecule has 0 radical (unpaired) electrons. The lowest BCUT2D eigenvalue weighted by Crippen LogP contribution is -2.30. The molecule has 0 atom stereocenters. The van der Waals surface area contributed by atoms with Gasteiger partial charge in [0.15, 0.2) is 0 Å². The van der Waals surface area contributed by atoms with Crippen molar-refractivity contribution >= 4 is 40.3 Å². The molecule has 34 heavy (non-hydrogen) atoms. The first-order valence-corrected chi connectivity index (χ1v) is 13.0. The molecule has 0 N–H and O–H groups in total. The summed E-state index contributed by atoms with van der Waals surface area (Å²) >= 11 is 13.2. The molecule has 2 bridgehead atoms. The van der Waals surface area contributed by atoms with Crippen molar-refractivity contribution in [2.45, 2.75) is 31.1 Å². The van der Waals surface area contributed by atoms with E-state index in [4.69, 9.17) is 23.2 Å². The molecule has 3 aliphatic rings. The fraction of sp³-hybridized carbons (Fsp3) is 0.226. The topological polar surface area (TPSA) is 3.24 Å². The Balaban J connectivity index is 1.46. The summed E-state index contributed by atoms with van der Waals surface area (Å²) in [6, 6.07) is 32.5. The normalized spacial score (nSPS) is 23.8. The van der Waals surface area contributed by atoms with Gasteiger partial charge in [0, 0.05) is 16.8 Å². The van der Waals surface area contributed by atoms with Crippen LogP contribution in [-0.2, 0) is 5.41 Å². The van der Waals surface area contributed by atoms with Crippen molar-refractivity contribution in [2.75, 3.05) is 4.90 Å². The van der Waals surface area contributed by atoms with Crippen LogP contribution in [-0.4, -0.2) is 0 Å². The Kier molecular flexibility index (Phi) is 4.63. The van der Waals surface area contributed by atoms with Gasteiger partial charge in [-0.25, -0.2) is 0 Å². The van der Waals surface area contributed by atoms with E-state index in [1.807, 2.05) is 24.3 Å². The average Bonchev–Trinajstić information content (AvgIpc) is 3.53. The average molecular weight is 482 g/mol. The number of para-hydroxylation sites is 1. The lowest BCUT2D eigenvalue weighted by atomic mass is 9.70. The second-order valence-electron chi connectivity index (χ2n) is 9.94. The summed E-state index contributed by atoms with van der Waals surface area (Å²) in [6.45, 7) is 0. The van der Waals surface area contributed by atoms with E-state index in [1.165, 1.54) is 42.4 Å². The highest BCUT2D eigenvalue weighted by Crippen LogP contribution is 2.68. The van der Waals surface area contributed by atoms with Gasteiger partial charge in [-0.05, 0) is 96.2 Å². The molecule has 168 valence electrons. The van der Waals surface area contributed by atoms with E-state index in [-0.39, 0.29) is 5.41 Å². The highest BCUT2D eigenvalue weighted by molar-refractivity contribution is 6.43. The minimum Gasteiger partial charge on any atom is -0.309 e. The van der Waals surface area contributed by atoms with Crippen LogP contribution in [0.1, 0.15) is 36.8 Å². The number of fused-ring (bicyclic) bond motifs is 3. The maximum atomic E-state index is 6.76. The molecule has 4 aromatic carbocycles. The molecular formula is C31H25Cl2N. The van der Waals surface area contributed by atoms with Gasteiger partial charge in [-0.1, -0.05) is 77.8 Å². The molecule has 4 aromatic rings. The van der Waals surface area contributed by atoms with Crippen molar-refractivity contribution in [3.8, 4) is 11.1 Å². The standard InChI is InChI=1S/C31H25Cl2N/c32-28-11-6-12-29(30(28)33)34(22-7-2-1-3-8-22)23-17-18-27-25(19-23)24-9-4-5-10-26(24)31(27)20-13-14-21(31)16-15-20/h1-12,17-21H,13-16H2. The zero-order valence-corrected chi connectivity index (χ0v) is 20.4. The van der Waals surface area contributed by atoms with Gasteiger partial charge < -0.3 is 4.90 Å². The molecule has 2 saturated carbocycles. The minimum absolute atomic E-state index is 0.204. The van der Waals surface area contributed by atoms with E-state index in [2.05, 4.69) is 71.6 Å². The van der Waals surface area contributed by atoms with Crippen LogP contribution in [0.2, 0.25) is 10.0 Å². The summed E-state index contributed by atoms with van der Waals surface area (Å²) in [5, 5.41) is 1.13. The molecule has 1 spiro atoms. The molecule has 0 heterocycles. The van der Waals surface area contributed by atoms with Gasteiger partial charge in [-0.2, -0.15) is 0 Å². The van der Waals surface area contributed by atoms with Crippen molar-refractivity contribution in [1.29, 1.82) is 0 Å². The summed E-state index contributed by atoms with van der Waals surface area (Å²) < 4.78 is 0. The fourth-order valence-electron chi connectivity index (χ4n) is 7.37. The number of hydrogen-bond acceptors (Lipinski definition) is 1. The monoisotopic (exact) mass is 481 g/mol. The lowest BCUT2D eigenvalue weighted by molar-refractivity contribution is 0.400. The Labute approximate surface area is 211 Å². The van der Waals surface area contributed by atoms with E-state index in [9.17, 15) is 0 Å².